The number of aliphatic imine (C=N–C) groups is 3. The first-order chi connectivity index (χ1) is 13.9. The fourth-order valence-electron chi connectivity index (χ4n) is 3.08. The molecule has 4 rings (SSSR count). The molecule has 0 spiro atoms. The second-order valence-corrected chi connectivity index (χ2v) is 7.92. The Morgan fingerprint density at radius 3 is 2.28 bits per heavy atom. The van der Waals surface area contributed by atoms with Crippen molar-refractivity contribution in [2.75, 3.05) is 12.4 Å². The van der Waals surface area contributed by atoms with E-state index >= 15 is 0 Å². The van der Waals surface area contributed by atoms with Gasteiger partial charge in [-0.1, -0.05) is 36.4 Å². The zero-order valence-corrected chi connectivity index (χ0v) is 17.1. The summed E-state index contributed by atoms with van der Waals surface area (Å²) < 4.78 is 5.23. The van der Waals surface area contributed by atoms with Crippen molar-refractivity contribution in [2.45, 2.75) is 26.3 Å². The van der Waals surface area contributed by atoms with Crippen molar-refractivity contribution in [1.82, 2.24) is 0 Å². The number of anilines is 1. The zero-order valence-electron chi connectivity index (χ0n) is 17.1. The fourth-order valence-corrected chi connectivity index (χ4v) is 3.08. The molecule has 1 aliphatic rings. The molecule has 0 atom stereocenters. The van der Waals surface area contributed by atoms with Gasteiger partial charge in [-0.2, -0.15) is 0 Å². The standard InChI is InChI=1S/C24H24N4O/c1-24(2,3)28-23-22(25-19-11-13-20(29-4)14-12-19)26-21(27-23)18-10-9-16-7-5-6-8-17(16)15-18/h5-15H,1-4H3,(H,25,26,27,28). The molecule has 5 nitrogen and oxygen atoms in total. The monoisotopic (exact) mass is 384 g/mol. The normalized spacial score (nSPS) is 15.4. The third kappa shape index (κ3) is 4.35. The van der Waals surface area contributed by atoms with E-state index < -0.39 is 0 Å². The Bertz CT molecular complexity index is 1140. The van der Waals surface area contributed by atoms with Gasteiger partial charge in [-0.3, -0.25) is 4.99 Å². The van der Waals surface area contributed by atoms with E-state index in [0.717, 1.165) is 22.4 Å². The average Bonchev–Trinajstić information content (AvgIpc) is 3.08. The van der Waals surface area contributed by atoms with Crippen LogP contribution in [0, 0.1) is 0 Å². The van der Waals surface area contributed by atoms with E-state index in [9.17, 15) is 0 Å². The summed E-state index contributed by atoms with van der Waals surface area (Å²) in [5.41, 5.74) is 1.61. The van der Waals surface area contributed by atoms with Gasteiger partial charge >= 0.3 is 0 Å². The Morgan fingerprint density at radius 1 is 0.862 bits per heavy atom. The van der Waals surface area contributed by atoms with E-state index in [4.69, 9.17) is 19.7 Å². The first kappa shape index (κ1) is 18.9. The van der Waals surface area contributed by atoms with Gasteiger partial charge in [-0.25, -0.2) is 9.98 Å². The molecule has 0 saturated carbocycles. The summed E-state index contributed by atoms with van der Waals surface area (Å²) in [5.74, 6) is 2.72. The highest BCUT2D eigenvalue weighted by Gasteiger charge is 2.22. The number of fused-ring (bicyclic) bond motifs is 1. The maximum absolute atomic E-state index is 5.23. The van der Waals surface area contributed by atoms with Crippen molar-refractivity contribution < 1.29 is 4.74 Å². The molecule has 1 N–H and O–H groups in total. The smallest absolute Gasteiger partial charge is 0.193 e. The number of nitrogens with one attached hydrogen (secondary N) is 1. The lowest BCUT2D eigenvalue weighted by Gasteiger charge is -2.13. The molecule has 0 fully saturated rings. The second kappa shape index (κ2) is 7.51. The molecule has 5 heteroatoms. The molecule has 3 aromatic rings. The molecule has 0 saturated heterocycles. The minimum atomic E-state index is -0.264. The van der Waals surface area contributed by atoms with Gasteiger partial charge in [0.2, 0.25) is 0 Å². The molecule has 0 radical (unpaired) electrons. The number of ether oxygens (including phenoxy) is 1. The van der Waals surface area contributed by atoms with Crippen molar-refractivity contribution in [3.8, 4) is 5.75 Å². The van der Waals surface area contributed by atoms with Gasteiger partial charge in [0.1, 0.15) is 5.75 Å². The van der Waals surface area contributed by atoms with Crippen molar-refractivity contribution in [1.29, 1.82) is 0 Å². The molecule has 0 unspecified atom stereocenters. The van der Waals surface area contributed by atoms with Crippen LogP contribution in [0.15, 0.2) is 81.7 Å². The number of methoxy groups -OCH3 is 1. The molecule has 0 aliphatic carbocycles. The minimum Gasteiger partial charge on any atom is -0.497 e. The molecule has 3 aromatic carbocycles. The summed E-state index contributed by atoms with van der Waals surface area (Å²) in [6.45, 7) is 6.15. The highest BCUT2D eigenvalue weighted by molar-refractivity contribution is 6.51. The Labute approximate surface area is 170 Å². The van der Waals surface area contributed by atoms with E-state index in [1.54, 1.807) is 7.11 Å². The van der Waals surface area contributed by atoms with Crippen molar-refractivity contribution in [3.05, 3.63) is 72.3 Å². The van der Waals surface area contributed by atoms with Crippen LogP contribution in [-0.2, 0) is 0 Å². The van der Waals surface area contributed by atoms with Crippen LogP contribution < -0.4 is 10.1 Å². The van der Waals surface area contributed by atoms with Crippen LogP contribution in [0.4, 0.5) is 5.69 Å². The summed E-state index contributed by atoms with van der Waals surface area (Å²) in [4.78, 5) is 14.3. The Kier molecular flexibility index (Phi) is 4.89. The van der Waals surface area contributed by atoms with Crippen LogP contribution in [0.5, 0.6) is 5.75 Å². The Morgan fingerprint density at radius 2 is 1.59 bits per heavy atom. The van der Waals surface area contributed by atoms with Gasteiger partial charge in [0, 0.05) is 11.3 Å². The van der Waals surface area contributed by atoms with E-state index in [-0.39, 0.29) is 5.54 Å². The van der Waals surface area contributed by atoms with Crippen LogP contribution in [0.2, 0.25) is 0 Å². The lowest BCUT2D eigenvalue weighted by molar-refractivity contribution is 0.415. The predicted molar refractivity (Wildman–Crippen MR) is 122 cm³/mol. The molecule has 0 bridgehead atoms. The average molecular weight is 384 g/mol. The van der Waals surface area contributed by atoms with Crippen LogP contribution in [-0.4, -0.2) is 30.2 Å². The molecule has 1 heterocycles. The van der Waals surface area contributed by atoms with Crippen LogP contribution in [0.25, 0.3) is 10.8 Å². The molecule has 0 aromatic heterocycles. The highest BCUT2D eigenvalue weighted by atomic mass is 16.5. The predicted octanol–water partition coefficient (Wildman–Crippen LogP) is 5.32. The van der Waals surface area contributed by atoms with Crippen LogP contribution in [0.3, 0.4) is 0 Å². The first-order valence-electron chi connectivity index (χ1n) is 9.59. The number of hydrogen-bond donors (Lipinski definition) is 1. The first-order valence-corrected chi connectivity index (χ1v) is 9.59. The van der Waals surface area contributed by atoms with Gasteiger partial charge in [0.25, 0.3) is 0 Å². The maximum Gasteiger partial charge on any atom is 0.193 e. The quantitative estimate of drug-likeness (QED) is 0.665. The minimum absolute atomic E-state index is 0.264. The van der Waals surface area contributed by atoms with Gasteiger partial charge in [0.05, 0.1) is 12.6 Å². The third-order valence-corrected chi connectivity index (χ3v) is 4.44. The summed E-state index contributed by atoms with van der Waals surface area (Å²) in [5, 5.41) is 5.71. The summed E-state index contributed by atoms with van der Waals surface area (Å²) in [7, 11) is 1.65. The van der Waals surface area contributed by atoms with Gasteiger partial charge in [-0.05, 0) is 61.9 Å². The van der Waals surface area contributed by atoms with Gasteiger partial charge in [-0.15, -0.1) is 0 Å². The number of benzene rings is 3. The number of amidine groups is 3. The summed E-state index contributed by atoms with van der Waals surface area (Å²) >= 11 is 0. The lowest BCUT2D eigenvalue weighted by atomic mass is 10.1. The Hall–Kier alpha value is -3.47. The summed E-state index contributed by atoms with van der Waals surface area (Å²) in [6.07, 6.45) is 0. The molecule has 146 valence electrons. The van der Waals surface area contributed by atoms with Gasteiger partial charge < -0.3 is 10.1 Å². The van der Waals surface area contributed by atoms with Crippen LogP contribution in [0.1, 0.15) is 26.3 Å². The largest absolute Gasteiger partial charge is 0.497 e. The lowest BCUT2D eigenvalue weighted by Crippen LogP contribution is -2.23. The van der Waals surface area contributed by atoms with E-state index in [2.05, 4.69) is 56.4 Å². The number of nitrogens with zero attached hydrogens (tertiary/aromatic N) is 3. The van der Waals surface area contributed by atoms with E-state index in [1.807, 2.05) is 36.4 Å². The summed E-state index contributed by atoms with van der Waals surface area (Å²) in [6, 6.07) is 22.2. The fraction of sp³-hybridized carbons (Fsp3) is 0.208. The number of rotatable bonds is 3. The van der Waals surface area contributed by atoms with Gasteiger partial charge in [0.15, 0.2) is 17.5 Å². The maximum atomic E-state index is 5.23. The molecular weight excluding hydrogens is 360 g/mol. The van der Waals surface area contributed by atoms with E-state index in [0.29, 0.717) is 17.5 Å². The molecule has 1 aliphatic heterocycles. The SMILES string of the molecule is COc1ccc(NC2=NC(c3ccc4ccccc4c3)=NC2=NC(C)(C)C)cc1. The van der Waals surface area contributed by atoms with Crippen molar-refractivity contribution >= 4 is 34.0 Å². The van der Waals surface area contributed by atoms with Crippen LogP contribution >= 0.6 is 0 Å². The molecular formula is C24H24N4O. The van der Waals surface area contributed by atoms with Crippen molar-refractivity contribution in [2.24, 2.45) is 15.0 Å². The molecule has 29 heavy (non-hydrogen) atoms. The second-order valence-electron chi connectivity index (χ2n) is 7.92. The van der Waals surface area contributed by atoms with E-state index in [1.165, 1.54) is 5.39 Å². The topological polar surface area (TPSA) is 58.3 Å². The number of hydrogen-bond acceptors (Lipinski definition) is 4. The highest BCUT2D eigenvalue weighted by Crippen LogP contribution is 2.21. The zero-order chi connectivity index (χ0) is 20.4. The Balaban J connectivity index is 1.70. The third-order valence-electron chi connectivity index (χ3n) is 4.44. The molecule has 0 amide bonds. The van der Waals surface area contributed by atoms with Crippen molar-refractivity contribution in [3.63, 3.8) is 0 Å².